The summed E-state index contributed by atoms with van der Waals surface area (Å²) in [4.78, 5) is 12.3. The van der Waals surface area contributed by atoms with Crippen LogP contribution in [-0.4, -0.2) is 10.9 Å². The second-order valence-corrected chi connectivity index (χ2v) is 5.83. The highest BCUT2D eigenvalue weighted by Gasteiger charge is 2.03. The third-order valence-electron chi connectivity index (χ3n) is 3.80. The van der Waals surface area contributed by atoms with Crippen LogP contribution < -0.4 is 0 Å². The van der Waals surface area contributed by atoms with E-state index in [-0.39, 0.29) is 11.5 Å². The van der Waals surface area contributed by atoms with E-state index in [4.69, 9.17) is 0 Å². The van der Waals surface area contributed by atoms with Crippen LogP contribution in [-0.2, 0) is 0 Å². The summed E-state index contributed by atoms with van der Waals surface area (Å²) in [6.45, 7) is 2.18. The Balaban J connectivity index is 2.14. The Bertz CT molecular complexity index is 712. The third-order valence-corrected chi connectivity index (χ3v) is 3.80. The monoisotopic (exact) mass is 320 g/mol. The zero-order chi connectivity index (χ0) is 17.2. The predicted octanol–water partition coefficient (Wildman–Crippen LogP) is 5.80. The van der Waals surface area contributed by atoms with E-state index in [1.54, 1.807) is 24.3 Å². The van der Waals surface area contributed by atoms with Gasteiger partial charge in [-0.15, -0.1) is 0 Å². The normalized spacial score (nSPS) is 11.8. The van der Waals surface area contributed by atoms with Crippen molar-refractivity contribution < 1.29 is 9.90 Å². The van der Waals surface area contributed by atoms with Gasteiger partial charge < -0.3 is 5.11 Å². The van der Waals surface area contributed by atoms with Gasteiger partial charge in [0.15, 0.2) is 5.78 Å². The Hall–Kier alpha value is -2.61. The van der Waals surface area contributed by atoms with Gasteiger partial charge in [-0.2, -0.15) is 0 Å². The van der Waals surface area contributed by atoms with Gasteiger partial charge in [0.1, 0.15) is 5.75 Å². The van der Waals surface area contributed by atoms with Crippen LogP contribution in [0.25, 0.3) is 6.08 Å². The van der Waals surface area contributed by atoms with E-state index in [9.17, 15) is 9.90 Å². The number of carbonyl (C=O) groups is 1. The minimum atomic E-state index is -0.0969. The minimum Gasteiger partial charge on any atom is -0.508 e. The standard InChI is InChI=1S/C22H24O2/c1-2-3-5-9-19(16-18-10-6-4-7-11-18)14-15-22(24)20-12-8-13-21(23)17-20/h4,6-8,10-17,23H,2-3,5,9H2,1H3/b15-14+,19-16-. The van der Waals surface area contributed by atoms with E-state index in [2.05, 4.69) is 25.1 Å². The number of benzene rings is 2. The predicted molar refractivity (Wildman–Crippen MR) is 100 cm³/mol. The van der Waals surface area contributed by atoms with Crippen molar-refractivity contribution in [3.8, 4) is 5.75 Å². The first-order chi connectivity index (χ1) is 11.7. The van der Waals surface area contributed by atoms with Crippen LogP contribution in [0, 0.1) is 0 Å². The molecule has 0 heterocycles. The number of phenolic OH excluding ortho intramolecular Hbond substituents is 1. The average molecular weight is 320 g/mol. The first kappa shape index (κ1) is 17.7. The molecule has 0 amide bonds. The first-order valence-corrected chi connectivity index (χ1v) is 8.46. The van der Waals surface area contributed by atoms with Crippen molar-refractivity contribution in [1.29, 1.82) is 0 Å². The highest BCUT2D eigenvalue weighted by molar-refractivity contribution is 6.05. The molecule has 0 saturated carbocycles. The number of unbranched alkanes of at least 4 members (excludes halogenated alkanes) is 2. The number of ketones is 1. The summed E-state index contributed by atoms with van der Waals surface area (Å²) in [5, 5.41) is 9.49. The van der Waals surface area contributed by atoms with Crippen LogP contribution in [0.5, 0.6) is 5.75 Å². The van der Waals surface area contributed by atoms with E-state index in [0.717, 1.165) is 24.0 Å². The summed E-state index contributed by atoms with van der Waals surface area (Å²) in [5.74, 6) is 0.0117. The minimum absolute atomic E-state index is 0.0969. The van der Waals surface area contributed by atoms with Crippen LogP contribution in [0.4, 0.5) is 0 Å². The summed E-state index contributed by atoms with van der Waals surface area (Å²) >= 11 is 0. The molecule has 0 spiro atoms. The van der Waals surface area contributed by atoms with Crippen molar-refractivity contribution in [1.82, 2.24) is 0 Å². The van der Waals surface area contributed by atoms with Gasteiger partial charge in [0.2, 0.25) is 0 Å². The molecule has 0 radical (unpaired) electrons. The summed E-state index contributed by atoms with van der Waals surface area (Å²) < 4.78 is 0. The van der Waals surface area contributed by atoms with Crippen molar-refractivity contribution in [2.75, 3.05) is 0 Å². The third kappa shape index (κ3) is 5.88. The Morgan fingerprint density at radius 1 is 1.00 bits per heavy atom. The lowest BCUT2D eigenvalue weighted by Crippen LogP contribution is -1.94. The van der Waals surface area contributed by atoms with Crippen LogP contribution in [0.3, 0.4) is 0 Å². The lowest BCUT2D eigenvalue weighted by Gasteiger charge is -2.03. The molecule has 0 fully saturated rings. The number of rotatable bonds is 8. The van der Waals surface area contributed by atoms with Crippen LogP contribution in [0.2, 0.25) is 0 Å². The van der Waals surface area contributed by atoms with Gasteiger partial charge in [0.05, 0.1) is 0 Å². The smallest absolute Gasteiger partial charge is 0.185 e. The molecular weight excluding hydrogens is 296 g/mol. The fourth-order valence-electron chi connectivity index (χ4n) is 2.48. The Morgan fingerprint density at radius 2 is 1.79 bits per heavy atom. The van der Waals surface area contributed by atoms with Gasteiger partial charge in [-0.1, -0.05) is 74.4 Å². The molecule has 124 valence electrons. The summed E-state index contributed by atoms with van der Waals surface area (Å²) in [5.41, 5.74) is 2.78. The number of hydrogen-bond donors (Lipinski definition) is 1. The maximum absolute atomic E-state index is 12.3. The van der Waals surface area contributed by atoms with E-state index in [1.165, 1.54) is 18.9 Å². The molecule has 0 bridgehead atoms. The van der Waals surface area contributed by atoms with Gasteiger partial charge in [-0.3, -0.25) is 4.79 Å². The molecule has 0 atom stereocenters. The zero-order valence-corrected chi connectivity index (χ0v) is 14.1. The van der Waals surface area contributed by atoms with E-state index >= 15 is 0 Å². The van der Waals surface area contributed by atoms with Crippen molar-refractivity contribution in [2.45, 2.75) is 32.6 Å². The molecule has 0 aliphatic carbocycles. The highest BCUT2D eigenvalue weighted by atomic mass is 16.3. The second kappa shape index (κ2) is 9.51. The lowest BCUT2D eigenvalue weighted by molar-refractivity contribution is 0.104. The van der Waals surface area contributed by atoms with Crippen molar-refractivity contribution in [2.24, 2.45) is 0 Å². The Kier molecular flexibility index (Phi) is 7.03. The average Bonchev–Trinajstić information content (AvgIpc) is 2.60. The molecule has 2 rings (SSSR count). The Morgan fingerprint density at radius 3 is 2.50 bits per heavy atom. The van der Waals surface area contributed by atoms with Gasteiger partial charge in [-0.25, -0.2) is 0 Å². The number of aromatic hydroxyl groups is 1. The molecule has 2 nitrogen and oxygen atoms in total. The Labute approximate surface area is 144 Å². The molecule has 0 aliphatic heterocycles. The quantitative estimate of drug-likeness (QED) is 0.289. The number of phenols is 1. The molecule has 2 aromatic rings. The first-order valence-electron chi connectivity index (χ1n) is 8.46. The lowest BCUT2D eigenvalue weighted by atomic mass is 10.0. The summed E-state index contributed by atoms with van der Waals surface area (Å²) in [6, 6.07) is 16.6. The van der Waals surface area contributed by atoms with Crippen LogP contribution in [0.1, 0.15) is 48.5 Å². The molecule has 0 aliphatic rings. The van der Waals surface area contributed by atoms with Gasteiger partial charge in [-0.05, 0) is 42.2 Å². The number of carbonyl (C=O) groups excluding carboxylic acids is 1. The van der Waals surface area contributed by atoms with Crippen molar-refractivity contribution in [3.63, 3.8) is 0 Å². The maximum atomic E-state index is 12.3. The number of allylic oxidation sites excluding steroid dienone is 3. The topological polar surface area (TPSA) is 37.3 Å². The van der Waals surface area contributed by atoms with Crippen molar-refractivity contribution in [3.05, 3.63) is 83.4 Å². The summed E-state index contributed by atoms with van der Waals surface area (Å²) in [6.07, 6.45) is 10.0. The molecule has 0 unspecified atom stereocenters. The summed E-state index contributed by atoms with van der Waals surface area (Å²) in [7, 11) is 0. The van der Waals surface area contributed by atoms with Gasteiger partial charge >= 0.3 is 0 Å². The zero-order valence-electron chi connectivity index (χ0n) is 14.1. The fraction of sp³-hybridized carbons (Fsp3) is 0.227. The largest absolute Gasteiger partial charge is 0.508 e. The maximum Gasteiger partial charge on any atom is 0.185 e. The van der Waals surface area contributed by atoms with Gasteiger partial charge in [0.25, 0.3) is 0 Å². The molecule has 24 heavy (non-hydrogen) atoms. The molecule has 0 aromatic heterocycles. The fourth-order valence-corrected chi connectivity index (χ4v) is 2.48. The van der Waals surface area contributed by atoms with Gasteiger partial charge in [0, 0.05) is 5.56 Å². The van der Waals surface area contributed by atoms with E-state index < -0.39 is 0 Å². The van der Waals surface area contributed by atoms with Crippen LogP contribution in [0.15, 0.2) is 72.3 Å². The number of hydrogen-bond acceptors (Lipinski definition) is 2. The molecule has 0 saturated heterocycles. The van der Waals surface area contributed by atoms with E-state index in [0.29, 0.717) is 5.56 Å². The molecule has 2 aromatic carbocycles. The molecular formula is C22H24O2. The van der Waals surface area contributed by atoms with E-state index in [1.807, 2.05) is 24.3 Å². The molecule has 1 N–H and O–H groups in total. The van der Waals surface area contributed by atoms with Crippen LogP contribution >= 0.6 is 0 Å². The highest BCUT2D eigenvalue weighted by Crippen LogP contribution is 2.17. The van der Waals surface area contributed by atoms with Crippen molar-refractivity contribution >= 4 is 11.9 Å². The molecule has 2 heteroatoms. The SMILES string of the molecule is CCCCCC(=C/c1ccccc1)/C=C/C(=O)c1cccc(O)c1. The second-order valence-electron chi connectivity index (χ2n) is 5.83.